The van der Waals surface area contributed by atoms with Gasteiger partial charge < -0.3 is 9.47 Å². The number of nitrogens with zero attached hydrogens (tertiary/aromatic N) is 1. The Balaban J connectivity index is 1.71. The molecule has 0 amide bonds. The molecule has 2 aromatic carbocycles. The molecule has 0 radical (unpaired) electrons. The molecule has 0 fully saturated rings. The topological polar surface area (TPSA) is 75.6 Å². The number of benzene rings is 2. The molecular formula is C32H45F3NO6P. The number of phosphoric acid groups is 1. The fraction of sp³-hybridized carbons (Fsp3) is 0.594. The van der Waals surface area contributed by atoms with Gasteiger partial charge >= 0.3 is 14.0 Å². The lowest BCUT2D eigenvalue weighted by atomic mass is 9.93. The highest BCUT2D eigenvalue weighted by Gasteiger charge is 2.43. The van der Waals surface area contributed by atoms with Crippen molar-refractivity contribution in [2.24, 2.45) is 4.99 Å². The molecule has 240 valence electrons. The van der Waals surface area contributed by atoms with Gasteiger partial charge in [-0.15, -0.1) is 0 Å². The van der Waals surface area contributed by atoms with E-state index in [4.69, 9.17) is 23.0 Å². The summed E-state index contributed by atoms with van der Waals surface area (Å²) in [5.74, 6) is 0.216. The Morgan fingerprint density at radius 1 is 0.930 bits per heavy atom. The molecule has 7 nitrogen and oxygen atoms in total. The standard InChI is InChI=1S/C32H45F3NO6P/c1-23-11-9-12-25(19-23)13-10-18-38-28-15-14-26(20-27(28)32(33,34)35)16-17-31(21-39-24(2)36-31)22-40-43(37,41-29(3,4)5)42-30(6,7)8/h9,11-12,14-15,19-20H,10,13,16-18,21-22H2,1-8H3. The molecule has 3 rings (SSSR count). The first-order valence-electron chi connectivity index (χ1n) is 14.5. The monoisotopic (exact) mass is 627 g/mol. The highest BCUT2D eigenvalue weighted by Crippen LogP contribution is 2.56. The Bertz CT molecular complexity index is 1300. The van der Waals surface area contributed by atoms with Crippen molar-refractivity contribution in [3.8, 4) is 5.75 Å². The smallest absolute Gasteiger partial charge is 0.475 e. The average Bonchev–Trinajstić information content (AvgIpc) is 3.23. The van der Waals surface area contributed by atoms with Crippen LogP contribution >= 0.6 is 7.82 Å². The number of ether oxygens (including phenoxy) is 2. The second-order valence-corrected chi connectivity index (χ2v) is 14.6. The van der Waals surface area contributed by atoms with E-state index in [1.807, 2.05) is 25.1 Å². The van der Waals surface area contributed by atoms with E-state index in [0.717, 1.165) is 17.2 Å². The molecule has 0 spiro atoms. The fourth-order valence-electron chi connectivity index (χ4n) is 4.64. The highest BCUT2D eigenvalue weighted by molar-refractivity contribution is 7.48. The minimum Gasteiger partial charge on any atom is -0.493 e. The van der Waals surface area contributed by atoms with E-state index in [1.54, 1.807) is 54.5 Å². The first-order valence-corrected chi connectivity index (χ1v) is 16.0. The summed E-state index contributed by atoms with van der Waals surface area (Å²) < 4.78 is 84.2. The number of phosphoric ester groups is 1. The van der Waals surface area contributed by atoms with Gasteiger partial charge in [-0.05, 0) is 97.4 Å². The van der Waals surface area contributed by atoms with Crippen molar-refractivity contribution in [2.75, 3.05) is 19.8 Å². The summed E-state index contributed by atoms with van der Waals surface area (Å²) in [4.78, 5) is 4.59. The molecule has 0 aliphatic carbocycles. The zero-order valence-electron chi connectivity index (χ0n) is 26.5. The highest BCUT2D eigenvalue weighted by atomic mass is 31.2. The summed E-state index contributed by atoms with van der Waals surface area (Å²) in [6, 6.07) is 12.1. The average molecular weight is 628 g/mol. The van der Waals surface area contributed by atoms with Gasteiger partial charge in [-0.25, -0.2) is 9.56 Å². The summed E-state index contributed by atoms with van der Waals surface area (Å²) >= 11 is 0. The molecule has 2 aromatic rings. The van der Waals surface area contributed by atoms with E-state index in [2.05, 4.69) is 11.1 Å². The maximum Gasteiger partial charge on any atom is 0.475 e. The largest absolute Gasteiger partial charge is 0.493 e. The second-order valence-electron chi connectivity index (χ2n) is 13.0. The van der Waals surface area contributed by atoms with Crippen molar-refractivity contribution in [1.82, 2.24) is 0 Å². The molecule has 1 aliphatic heterocycles. The maximum absolute atomic E-state index is 14.0. The van der Waals surface area contributed by atoms with Gasteiger partial charge in [-0.1, -0.05) is 35.9 Å². The van der Waals surface area contributed by atoms with Crippen molar-refractivity contribution in [3.63, 3.8) is 0 Å². The quantitative estimate of drug-likeness (QED) is 0.163. The summed E-state index contributed by atoms with van der Waals surface area (Å²) in [7, 11) is -4.04. The van der Waals surface area contributed by atoms with Crippen LogP contribution in [-0.2, 0) is 41.9 Å². The van der Waals surface area contributed by atoms with Crippen molar-refractivity contribution in [3.05, 3.63) is 64.7 Å². The molecule has 0 aromatic heterocycles. The first-order chi connectivity index (χ1) is 19.8. The van der Waals surface area contributed by atoms with Gasteiger partial charge in [0.05, 0.1) is 30.0 Å². The molecular weight excluding hydrogens is 582 g/mol. The number of hydrogen-bond donors (Lipinski definition) is 0. The Kier molecular flexibility index (Phi) is 11.2. The third-order valence-corrected chi connectivity index (χ3v) is 8.37. The number of hydrogen-bond acceptors (Lipinski definition) is 7. The molecule has 0 saturated heterocycles. The number of aryl methyl sites for hydroxylation is 3. The molecule has 43 heavy (non-hydrogen) atoms. The molecule has 1 unspecified atom stereocenters. The van der Waals surface area contributed by atoms with Crippen LogP contribution < -0.4 is 4.74 Å². The fourth-order valence-corrected chi connectivity index (χ4v) is 6.52. The SMILES string of the molecule is CC1=NC(CCc2ccc(OCCCc3cccc(C)c3)c(C(F)(F)F)c2)(COP(=O)(OC(C)(C)C)OC(C)(C)C)CO1. The van der Waals surface area contributed by atoms with Gasteiger partial charge in [0, 0.05) is 6.92 Å². The van der Waals surface area contributed by atoms with Gasteiger partial charge in [0.25, 0.3) is 0 Å². The number of halogens is 3. The van der Waals surface area contributed by atoms with Crippen LogP contribution in [0.5, 0.6) is 5.75 Å². The first kappa shape index (κ1) is 35.1. The van der Waals surface area contributed by atoms with Gasteiger partial charge in [0.1, 0.15) is 17.9 Å². The van der Waals surface area contributed by atoms with Crippen LogP contribution in [0.25, 0.3) is 0 Å². The summed E-state index contributed by atoms with van der Waals surface area (Å²) in [6.07, 6.45) is -2.77. The normalized spacial score (nSPS) is 18.0. The van der Waals surface area contributed by atoms with Gasteiger partial charge in [-0.3, -0.25) is 13.6 Å². The Hall–Kier alpha value is -2.39. The third kappa shape index (κ3) is 11.6. The van der Waals surface area contributed by atoms with Crippen molar-refractivity contribution >= 4 is 13.7 Å². The zero-order valence-corrected chi connectivity index (χ0v) is 27.4. The predicted molar refractivity (Wildman–Crippen MR) is 162 cm³/mol. The summed E-state index contributed by atoms with van der Waals surface area (Å²) in [5.41, 5.74) is -0.736. The van der Waals surface area contributed by atoms with Crippen molar-refractivity contribution in [1.29, 1.82) is 0 Å². The van der Waals surface area contributed by atoms with Crippen molar-refractivity contribution in [2.45, 2.75) is 104 Å². The Labute approximate surface area is 253 Å². The molecule has 1 heterocycles. The minimum absolute atomic E-state index is 0.123. The molecule has 0 saturated carbocycles. The minimum atomic E-state index is -4.59. The Morgan fingerprint density at radius 2 is 1.58 bits per heavy atom. The number of alkyl halides is 3. The molecule has 1 aliphatic rings. The molecule has 0 bridgehead atoms. The van der Waals surface area contributed by atoms with Crippen LogP contribution in [0.4, 0.5) is 13.2 Å². The molecule has 0 N–H and O–H groups in total. The Morgan fingerprint density at radius 3 is 2.14 bits per heavy atom. The van der Waals surface area contributed by atoms with E-state index in [9.17, 15) is 17.7 Å². The van der Waals surface area contributed by atoms with Crippen LogP contribution in [0.2, 0.25) is 0 Å². The van der Waals surface area contributed by atoms with Crippen LogP contribution in [-0.4, -0.2) is 42.5 Å². The van der Waals surface area contributed by atoms with E-state index in [0.29, 0.717) is 24.3 Å². The lowest BCUT2D eigenvalue weighted by Crippen LogP contribution is -2.36. The van der Waals surface area contributed by atoms with E-state index in [-0.39, 0.29) is 38.4 Å². The van der Waals surface area contributed by atoms with Crippen LogP contribution in [0, 0.1) is 6.92 Å². The van der Waals surface area contributed by atoms with E-state index < -0.39 is 36.3 Å². The molecule has 11 heteroatoms. The van der Waals surface area contributed by atoms with Crippen LogP contribution in [0.15, 0.2) is 47.5 Å². The van der Waals surface area contributed by atoms with Gasteiger partial charge in [0.2, 0.25) is 0 Å². The van der Waals surface area contributed by atoms with E-state index >= 15 is 0 Å². The second kappa shape index (κ2) is 13.7. The van der Waals surface area contributed by atoms with Crippen LogP contribution in [0.3, 0.4) is 0 Å². The van der Waals surface area contributed by atoms with E-state index in [1.165, 1.54) is 6.07 Å². The van der Waals surface area contributed by atoms with Gasteiger partial charge in [0.15, 0.2) is 5.90 Å². The lowest BCUT2D eigenvalue weighted by Gasteiger charge is -2.33. The molecule has 1 atom stereocenters. The summed E-state index contributed by atoms with van der Waals surface area (Å²) in [5, 5.41) is 0. The third-order valence-electron chi connectivity index (χ3n) is 6.39. The van der Waals surface area contributed by atoms with Crippen molar-refractivity contribution < 1.29 is 40.8 Å². The number of aliphatic imine (C=N–C) groups is 1. The lowest BCUT2D eigenvalue weighted by molar-refractivity contribution is -0.139. The maximum atomic E-state index is 14.0. The summed E-state index contributed by atoms with van der Waals surface area (Å²) in [6.45, 7) is 14.2. The zero-order chi connectivity index (χ0) is 32.1. The van der Waals surface area contributed by atoms with Crippen LogP contribution in [0.1, 0.15) is 83.6 Å². The number of rotatable bonds is 13. The van der Waals surface area contributed by atoms with Gasteiger partial charge in [-0.2, -0.15) is 13.2 Å². The predicted octanol–water partition coefficient (Wildman–Crippen LogP) is 8.90.